The first-order chi connectivity index (χ1) is 5.91. The molecule has 0 saturated carbocycles. The van der Waals surface area contributed by atoms with Crippen molar-refractivity contribution in [3.8, 4) is 0 Å². The van der Waals surface area contributed by atoms with Gasteiger partial charge in [-0.15, -0.1) is 0 Å². The Bertz CT molecular complexity index is 191. The van der Waals surface area contributed by atoms with Crippen LogP contribution in [0.5, 0.6) is 0 Å². The van der Waals surface area contributed by atoms with E-state index in [1.807, 2.05) is 0 Å². The number of carbonyl (C=O) groups excluding carboxylic acids is 1. The molecule has 76 valence electrons. The van der Waals surface area contributed by atoms with Gasteiger partial charge in [-0.05, 0) is 0 Å². The summed E-state index contributed by atoms with van der Waals surface area (Å²) in [5.74, 6) is -1.76. The average molecular weight is 196 g/mol. The van der Waals surface area contributed by atoms with Gasteiger partial charge in [0.2, 0.25) is 0 Å². The molecule has 0 aromatic carbocycles. The highest BCUT2D eigenvalue weighted by molar-refractivity contribution is 5.73. The van der Waals surface area contributed by atoms with Crippen molar-refractivity contribution in [2.45, 2.75) is 24.4 Å². The molecule has 0 aliphatic heterocycles. The summed E-state index contributed by atoms with van der Waals surface area (Å²) in [7, 11) is 0. The lowest BCUT2D eigenvalue weighted by molar-refractivity contribution is -0.163. The fourth-order valence-electron chi connectivity index (χ4n) is 0.615. The molecular formula is C6H10O7. The van der Waals surface area contributed by atoms with Crippen LogP contribution < -0.4 is 0 Å². The topological polar surface area (TPSA) is 135 Å². The van der Waals surface area contributed by atoms with Crippen LogP contribution in [0.15, 0.2) is 0 Å². The molecule has 0 aromatic rings. The molecule has 0 spiro atoms. The number of aliphatic hydroxyl groups is 4. The van der Waals surface area contributed by atoms with Crippen molar-refractivity contribution in [1.82, 2.24) is 0 Å². The largest absolute Gasteiger partial charge is 0.479 e. The molecule has 0 radical (unpaired) electrons. The van der Waals surface area contributed by atoms with Gasteiger partial charge in [-0.25, -0.2) is 4.79 Å². The number of carboxylic acid groups (broad SMARTS) is 1. The van der Waals surface area contributed by atoms with Gasteiger partial charge in [0.05, 0.1) is 0 Å². The lowest BCUT2D eigenvalue weighted by Crippen LogP contribution is -2.48. The number of hydrogen-bond donors (Lipinski definition) is 5. The van der Waals surface area contributed by atoms with Crippen LogP contribution in [-0.4, -0.2) is 62.2 Å². The molecule has 0 amide bonds. The van der Waals surface area contributed by atoms with Gasteiger partial charge in [-0.3, -0.25) is 0 Å². The quantitative estimate of drug-likeness (QED) is 0.229. The van der Waals surface area contributed by atoms with Crippen LogP contribution in [0.25, 0.3) is 0 Å². The zero-order valence-electron chi connectivity index (χ0n) is 6.44. The summed E-state index contributed by atoms with van der Waals surface area (Å²) in [5, 5.41) is 43.2. The van der Waals surface area contributed by atoms with E-state index in [2.05, 4.69) is 0 Å². The average Bonchev–Trinajstić information content (AvgIpc) is 2.12. The van der Waals surface area contributed by atoms with Gasteiger partial charge in [0.25, 0.3) is 0 Å². The van der Waals surface area contributed by atoms with Gasteiger partial charge >= 0.3 is 5.97 Å². The second-order valence-electron chi connectivity index (χ2n) is 2.39. The minimum absolute atomic E-state index is 0.0809. The Morgan fingerprint density at radius 1 is 1.08 bits per heavy atom. The normalized spacial score (nSPS) is 20.0. The molecule has 0 aromatic heterocycles. The molecule has 4 atom stereocenters. The van der Waals surface area contributed by atoms with Crippen LogP contribution >= 0.6 is 0 Å². The Kier molecular flexibility index (Phi) is 4.49. The van der Waals surface area contributed by atoms with Crippen LogP contribution in [0.4, 0.5) is 0 Å². The Balaban J connectivity index is 4.32. The third kappa shape index (κ3) is 3.07. The number of aldehydes is 1. The summed E-state index contributed by atoms with van der Waals surface area (Å²) >= 11 is 0. The highest BCUT2D eigenvalue weighted by Crippen LogP contribution is 2.03. The number of aliphatic hydroxyl groups excluding tert-OH is 4. The summed E-state index contributed by atoms with van der Waals surface area (Å²) in [6, 6.07) is 0. The van der Waals surface area contributed by atoms with E-state index in [1.54, 1.807) is 0 Å². The SMILES string of the molecule is O=[13CH][C@H](O)[C@@H](O)[C@H](O)[C@@H](O)[13C](=O)O. The van der Waals surface area contributed by atoms with Crippen LogP contribution in [0.3, 0.4) is 0 Å². The monoisotopic (exact) mass is 196 g/mol. The summed E-state index contributed by atoms with van der Waals surface area (Å²) in [6.07, 6.45) is -8.39. The maximum Gasteiger partial charge on any atom is 0.335 e. The molecule has 0 rings (SSSR count). The van der Waals surface area contributed by atoms with Gasteiger partial charge in [0, 0.05) is 0 Å². The minimum atomic E-state index is -2.25. The van der Waals surface area contributed by atoms with Crippen LogP contribution in [0, 0.1) is 0 Å². The van der Waals surface area contributed by atoms with E-state index in [1.165, 1.54) is 0 Å². The molecule has 7 nitrogen and oxygen atoms in total. The van der Waals surface area contributed by atoms with Crippen molar-refractivity contribution in [2.75, 3.05) is 0 Å². The second kappa shape index (κ2) is 4.87. The molecule has 0 aliphatic rings. The number of carbonyl (C=O) groups is 2. The first-order valence-electron chi connectivity index (χ1n) is 3.32. The Morgan fingerprint density at radius 3 is 1.85 bits per heavy atom. The zero-order valence-corrected chi connectivity index (χ0v) is 6.44. The highest BCUT2D eigenvalue weighted by atomic mass is 16.5. The number of hydrogen-bond acceptors (Lipinski definition) is 6. The van der Waals surface area contributed by atoms with Crippen LogP contribution in [-0.2, 0) is 9.59 Å². The molecule has 0 heterocycles. The molecule has 0 fully saturated rings. The minimum Gasteiger partial charge on any atom is -0.479 e. The number of rotatable bonds is 5. The Labute approximate surface area is 72.9 Å². The molecule has 7 heteroatoms. The molecule has 5 N–H and O–H groups in total. The molecule has 13 heavy (non-hydrogen) atoms. The van der Waals surface area contributed by atoms with Gasteiger partial charge in [-0.1, -0.05) is 0 Å². The van der Waals surface area contributed by atoms with Crippen molar-refractivity contribution < 1.29 is 35.1 Å². The summed E-state index contributed by atoms with van der Waals surface area (Å²) in [4.78, 5) is 20.0. The third-order valence-corrected chi connectivity index (χ3v) is 1.42. The van der Waals surface area contributed by atoms with E-state index in [9.17, 15) is 9.59 Å². The fourth-order valence-corrected chi connectivity index (χ4v) is 0.615. The van der Waals surface area contributed by atoms with Gasteiger partial charge in [0.15, 0.2) is 12.4 Å². The van der Waals surface area contributed by atoms with E-state index in [4.69, 9.17) is 25.5 Å². The zero-order chi connectivity index (χ0) is 10.6. The summed E-state index contributed by atoms with van der Waals surface area (Å²) in [6.45, 7) is 0. The first kappa shape index (κ1) is 12.0. The summed E-state index contributed by atoms with van der Waals surface area (Å²) < 4.78 is 0. The van der Waals surface area contributed by atoms with Crippen molar-refractivity contribution in [3.63, 3.8) is 0 Å². The fraction of sp³-hybridized carbons (Fsp3) is 0.667. The Morgan fingerprint density at radius 2 is 1.54 bits per heavy atom. The number of aliphatic carboxylic acids is 1. The van der Waals surface area contributed by atoms with Crippen LogP contribution in [0.1, 0.15) is 0 Å². The second-order valence-corrected chi connectivity index (χ2v) is 2.39. The maximum absolute atomic E-state index is 10.1. The third-order valence-electron chi connectivity index (χ3n) is 1.42. The highest BCUT2D eigenvalue weighted by Gasteiger charge is 2.33. The van der Waals surface area contributed by atoms with Crippen molar-refractivity contribution in [1.29, 1.82) is 0 Å². The van der Waals surface area contributed by atoms with E-state index in [0.29, 0.717) is 0 Å². The van der Waals surface area contributed by atoms with E-state index in [0.717, 1.165) is 0 Å². The number of carboxylic acids is 1. The van der Waals surface area contributed by atoms with Crippen molar-refractivity contribution in [2.24, 2.45) is 0 Å². The van der Waals surface area contributed by atoms with Crippen LogP contribution in [0.2, 0.25) is 0 Å². The lowest BCUT2D eigenvalue weighted by atomic mass is 10.1. The van der Waals surface area contributed by atoms with Gasteiger partial charge in [-0.2, -0.15) is 0 Å². The predicted octanol–water partition coefficient (Wildman–Crippen LogP) is -3.29. The van der Waals surface area contributed by atoms with E-state index in [-0.39, 0.29) is 6.29 Å². The van der Waals surface area contributed by atoms with Crippen molar-refractivity contribution in [3.05, 3.63) is 0 Å². The van der Waals surface area contributed by atoms with E-state index < -0.39 is 30.4 Å². The smallest absolute Gasteiger partial charge is 0.335 e. The van der Waals surface area contributed by atoms with Crippen molar-refractivity contribution >= 4 is 12.3 Å². The van der Waals surface area contributed by atoms with Gasteiger partial charge < -0.3 is 30.3 Å². The predicted molar refractivity (Wildman–Crippen MR) is 37.7 cm³/mol. The molecule has 0 aliphatic carbocycles. The molecule has 0 unspecified atom stereocenters. The lowest BCUT2D eigenvalue weighted by Gasteiger charge is -2.21. The van der Waals surface area contributed by atoms with E-state index >= 15 is 0 Å². The molecule has 0 bridgehead atoms. The first-order valence-corrected chi connectivity index (χ1v) is 3.32. The molecule has 0 saturated heterocycles. The maximum atomic E-state index is 10.1. The standard InChI is InChI=1S/C6H10O7/c7-1-2(8)3(9)4(10)5(11)6(12)13/h1-5,8-11H,(H,12,13)/t2-,3+,4-,5+/m0/s1/i1+1,6+1. The summed E-state index contributed by atoms with van der Waals surface area (Å²) in [5.41, 5.74) is 0. The van der Waals surface area contributed by atoms with Gasteiger partial charge in [0.1, 0.15) is 18.3 Å². The Hall–Kier alpha value is -1.02. The molecular weight excluding hydrogens is 186 g/mol.